The van der Waals surface area contributed by atoms with Crippen LogP contribution in [0, 0.1) is 5.92 Å². The lowest BCUT2D eigenvalue weighted by atomic mass is 9.95. The fourth-order valence-corrected chi connectivity index (χ4v) is 4.41. The minimum absolute atomic E-state index is 0. The van der Waals surface area contributed by atoms with Crippen LogP contribution in [0.15, 0.2) is 10.4 Å². The molecule has 0 aromatic carbocycles. The zero-order valence-electron chi connectivity index (χ0n) is 17.5. The molecule has 1 aromatic heterocycles. The Balaban J connectivity index is 0.00000341. The smallest absolute Gasteiger partial charge is 0.378 e. The summed E-state index contributed by atoms with van der Waals surface area (Å²) in [7, 11) is 0. The fraction of sp³-hybridized carbons (Fsp3) is 0.737. The number of aliphatic imine (C=N–C) groups is 1. The van der Waals surface area contributed by atoms with E-state index in [9.17, 15) is 18.0 Å². The van der Waals surface area contributed by atoms with Crippen molar-refractivity contribution in [3.05, 3.63) is 16.1 Å². The van der Waals surface area contributed by atoms with Gasteiger partial charge in [0.1, 0.15) is 0 Å². The van der Waals surface area contributed by atoms with Gasteiger partial charge in [-0.15, -0.1) is 35.3 Å². The molecule has 2 aliphatic heterocycles. The first-order valence-electron chi connectivity index (χ1n) is 10.3. The molecule has 0 aliphatic carbocycles. The summed E-state index contributed by atoms with van der Waals surface area (Å²) in [6.45, 7) is 7.01. The Morgan fingerprint density at radius 3 is 2.52 bits per heavy atom. The van der Waals surface area contributed by atoms with Crippen molar-refractivity contribution >= 4 is 47.2 Å². The monoisotopic (exact) mass is 575 g/mol. The van der Waals surface area contributed by atoms with E-state index in [0.717, 1.165) is 48.6 Å². The lowest BCUT2D eigenvalue weighted by molar-refractivity contribution is -0.141. The van der Waals surface area contributed by atoms with E-state index in [0.29, 0.717) is 50.8 Å². The molecule has 3 rings (SSSR count). The largest absolute Gasteiger partial charge is 0.434 e. The molecule has 1 amide bonds. The normalized spacial score (nSPS) is 18.6. The van der Waals surface area contributed by atoms with Crippen LogP contribution in [0.25, 0.3) is 0 Å². The van der Waals surface area contributed by atoms with Gasteiger partial charge in [0.2, 0.25) is 5.91 Å². The SMILES string of the molecule is CCNC(=NCCc1nc(C(F)(F)F)cs1)N1CCC(C(=O)N2CCOCC2)CC1.I. The molecule has 7 nitrogen and oxygen atoms in total. The van der Waals surface area contributed by atoms with Crippen LogP contribution in [0.2, 0.25) is 0 Å². The molecule has 2 saturated heterocycles. The molecule has 0 spiro atoms. The van der Waals surface area contributed by atoms with E-state index in [2.05, 4.69) is 20.2 Å². The second-order valence-corrected chi connectivity index (χ2v) is 8.25. The summed E-state index contributed by atoms with van der Waals surface area (Å²) in [5.41, 5.74) is -0.842. The molecule has 0 unspecified atom stereocenters. The molecule has 2 fully saturated rings. The number of nitrogens with one attached hydrogen (secondary N) is 1. The molecule has 1 aromatic rings. The van der Waals surface area contributed by atoms with Gasteiger partial charge >= 0.3 is 6.18 Å². The highest BCUT2D eigenvalue weighted by atomic mass is 127. The van der Waals surface area contributed by atoms with E-state index < -0.39 is 11.9 Å². The third kappa shape index (κ3) is 7.45. The number of carbonyl (C=O) groups is 1. The summed E-state index contributed by atoms with van der Waals surface area (Å²) in [5, 5.41) is 4.71. The van der Waals surface area contributed by atoms with Crippen LogP contribution in [-0.2, 0) is 22.1 Å². The average Bonchev–Trinajstić information content (AvgIpc) is 3.23. The number of morpholine rings is 1. The number of nitrogens with zero attached hydrogens (tertiary/aromatic N) is 4. The number of aromatic nitrogens is 1. The van der Waals surface area contributed by atoms with Gasteiger partial charge in [0.15, 0.2) is 11.7 Å². The number of alkyl halides is 3. The predicted molar refractivity (Wildman–Crippen MR) is 124 cm³/mol. The summed E-state index contributed by atoms with van der Waals surface area (Å²) < 4.78 is 43.3. The Bertz CT molecular complexity index is 732. The third-order valence-electron chi connectivity index (χ3n) is 5.23. The maximum Gasteiger partial charge on any atom is 0.434 e. The van der Waals surface area contributed by atoms with Gasteiger partial charge in [0.05, 0.1) is 18.2 Å². The quantitative estimate of drug-likeness (QED) is 0.333. The number of thiazole rings is 1. The van der Waals surface area contributed by atoms with Crippen molar-refractivity contribution in [3.63, 3.8) is 0 Å². The Morgan fingerprint density at radius 1 is 1.26 bits per heavy atom. The number of likely N-dealkylation sites (tertiary alicyclic amines) is 1. The van der Waals surface area contributed by atoms with Gasteiger partial charge in [-0.2, -0.15) is 13.2 Å². The van der Waals surface area contributed by atoms with Gasteiger partial charge in [0.25, 0.3) is 0 Å². The number of guanidine groups is 1. The zero-order chi connectivity index (χ0) is 21.6. The summed E-state index contributed by atoms with van der Waals surface area (Å²) in [6.07, 6.45) is -2.51. The van der Waals surface area contributed by atoms with E-state index in [4.69, 9.17) is 4.74 Å². The van der Waals surface area contributed by atoms with Crippen LogP contribution in [0.5, 0.6) is 0 Å². The minimum atomic E-state index is -4.41. The molecule has 3 heterocycles. The molecule has 31 heavy (non-hydrogen) atoms. The fourth-order valence-electron chi connectivity index (χ4n) is 3.62. The molecule has 0 atom stereocenters. The molecular formula is C19H29F3IN5O2S. The lowest BCUT2D eigenvalue weighted by Crippen LogP contribution is -2.50. The first-order chi connectivity index (χ1) is 14.4. The van der Waals surface area contributed by atoms with Gasteiger partial charge in [-0.05, 0) is 19.8 Å². The number of piperidine rings is 1. The highest BCUT2D eigenvalue weighted by molar-refractivity contribution is 14.0. The maximum absolute atomic E-state index is 12.7. The van der Waals surface area contributed by atoms with Crippen molar-refractivity contribution in [2.24, 2.45) is 10.9 Å². The van der Waals surface area contributed by atoms with E-state index >= 15 is 0 Å². The van der Waals surface area contributed by atoms with Gasteiger partial charge < -0.3 is 19.9 Å². The summed E-state index contributed by atoms with van der Waals surface area (Å²) in [6, 6.07) is 0. The maximum atomic E-state index is 12.7. The van der Waals surface area contributed by atoms with E-state index in [1.807, 2.05) is 11.8 Å². The molecular weight excluding hydrogens is 546 g/mol. The topological polar surface area (TPSA) is 70.1 Å². The number of rotatable bonds is 5. The number of halogens is 4. The number of amides is 1. The first kappa shape index (κ1) is 26.1. The van der Waals surface area contributed by atoms with Gasteiger partial charge in [-0.3, -0.25) is 9.79 Å². The van der Waals surface area contributed by atoms with Crippen molar-refractivity contribution in [1.29, 1.82) is 0 Å². The van der Waals surface area contributed by atoms with Crippen LogP contribution < -0.4 is 5.32 Å². The molecule has 0 radical (unpaired) electrons. The van der Waals surface area contributed by atoms with Gasteiger partial charge in [-0.1, -0.05) is 0 Å². The van der Waals surface area contributed by atoms with Crippen molar-refractivity contribution in [2.45, 2.75) is 32.4 Å². The Labute approximate surface area is 201 Å². The van der Waals surface area contributed by atoms with Gasteiger partial charge in [-0.25, -0.2) is 4.98 Å². The van der Waals surface area contributed by atoms with Crippen LogP contribution in [0.1, 0.15) is 30.5 Å². The average molecular weight is 575 g/mol. The minimum Gasteiger partial charge on any atom is -0.378 e. The van der Waals surface area contributed by atoms with E-state index in [-0.39, 0.29) is 35.8 Å². The molecule has 176 valence electrons. The molecule has 0 saturated carbocycles. The Hall–Kier alpha value is -1.15. The van der Waals surface area contributed by atoms with Crippen LogP contribution in [0.4, 0.5) is 13.2 Å². The summed E-state index contributed by atoms with van der Waals surface area (Å²) >= 11 is 1.01. The molecule has 12 heteroatoms. The van der Waals surface area contributed by atoms with Gasteiger partial charge in [0, 0.05) is 57.0 Å². The molecule has 0 bridgehead atoms. The summed E-state index contributed by atoms with van der Waals surface area (Å²) in [4.78, 5) is 24.9. The number of ether oxygens (including phenoxy) is 1. The van der Waals surface area contributed by atoms with Crippen LogP contribution in [-0.4, -0.2) is 79.1 Å². The first-order valence-corrected chi connectivity index (χ1v) is 11.2. The number of carbonyl (C=O) groups excluding carboxylic acids is 1. The zero-order valence-corrected chi connectivity index (χ0v) is 20.6. The second kappa shape index (κ2) is 12.2. The summed E-state index contributed by atoms with van der Waals surface area (Å²) in [5.74, 6) is 0.977. The highest BCUT2D eigenvalue weighted by Crippen LogP contribution is 2.30. The van der Waals surface area contributed by atoms with E-state index in [1.165, 1.54) is 0 Å². The van der Waals surface area contributed by atoms with E-state index in [1.54, 1.807) is 0 Å². The predicted octanol–water partition coefficient (Wildman–Crippen LogP) is 2.86. The standard InChI is InChI=1S/C19H28F3N5O2S.HI/c1-2-23-18(24-6-3-16-25-15(13-30-16)19(20,21)22)27-7-4-14(5-8-27)17(28)26-9-11-29-12-10-26;/h13-14H,2-12H2,1H3,(H,23,24);1H. The third-order valence-corrected chi connectivity index (χ3v) is 6.14. The lowest BCUT2D eigenvalue weighted by Gasteiger charge is -2.36. The molecule has 2 aliphatic rings. The van der Waals surface area contributed by atoms with Crippen LogP contribution >= 0.6 is 35.3 Å². The molecule has 1 N–H and O–H groups in total. The number of hydrogen-bond acceptors (Lipinski definition) is 5. The Morgan fingerprint density at radius 2 is 1.94 bits per heavy atom. The second-order valence-electron chi connectivity index (χ2n) is 7.31. The van der Waals surface area contributed by atoms with Crippen molar-refractivity contribution in [1.82, 2.24) is 20.1 Å². The highest BCUT2D eigenvalue weighted by Gasteiger charge is 2.33. The Kier molecular flexibility index (Phi) is 10.3. The van der Waals surface area contributed by atoms with Crippen molar-refractivity contribution in [3.8, 4) is 0 Å². The number of hydrogen-bond donors (Lipinski definition) is 1. The van der Waals surface area contributed by atoms with Crippen LogP contribution in [0.3, 0.4) is 0 Å². The van der Waals surface area contributed by atoms with Crippen molar-refractivity contribution in [2.75, 3.05) is 52.5 Å². The van der Waals surface area contributed by atoms with Crippen molar-refractivity contribution < 1.29 is 22.7 Å².